The van der Waals surface area contributed by atoms with Gasteiger partial charge in [-0.15, -0.1) is 0 Å². The lowest BCUT2D eigenvalue weighted by Crippen LogP contribution is -2.20. The van der Waals surface area contributed by atoms with Gasteiger partial charge in [-0.3, -0.25) is 0 Å². The first-order chi connectivity index (χ1) is 9.49. The van der Waals surface area contributed by atoms with Crippen LogP contribution in [-0.2, 0) is 6.54 Å². The maximum Gasteiger partial charge on any atom is 0.146 e. The zero-order valence-electron chi connectivity index (χ0n) is 12.1. The molecule has 0 aliphatic heterocycles. The van der Waals surface area contributed by atoms with Crippen molar-refractivity contribution < 1.29 is 9.50 Å². The molecule has 0 radical (unpaired) electrons. The van der Waals surface area contributed by atoms with E-state index >= 15 is 0 Å². The maximum absolute atomic E-state index is 14.1. The fourth-order valence-electron chi connectivity index (χ4n) is 2.32. The van der Waals surface area contributed by atoms with Crippen molar-refractivity contribution in [1.29, 1.82) is 0 Å². The number of rotatable bonds is 4. The highest BCUT2D eigenvalue weighted by atomic mass is 19.1. The molecule has 3 heteroatoms. The van der Waals surface area contributed by atoms with Crippen molar-refractivity contribution in [1.82, 2.24) is 0 Å². The molecule has 0 bridgehead atoms. The number of benzene rings is 2. The van der Waals surface area contributed by atoms with Gasteiger partial charge >= 0.3 is 0 Å². The first-order valence-electron chi connectivity index (χ1n) is 6.72. The molecule has 0 saturated carbocycles. The van der Waals surface area contributed by atoms with Crippen LogP contribution in [0.3, 0.4) is 0 Å². The molecule has 0 amide bonds. The van der Waals surface area contributed by atoms with E-state index in [0.29, 0.717) is 17.8 Å². The highest BCUT2D eigenvalue weighted by Crippen LogP contribution is 2.29. The number of nitrogens with zero attached hydrogens (tertiary/aromatic N) is 1. The minimum absolute atomic E-state index is 0.307. The van der Waals surface area contributed by atoms with E-state index in [4.69, 9.17) is 0 Å². The Bertz CT molecular complexity index is 578. The van der Waals surface area contributed by atoms with Gasteiger partial charge in [-0.05, 0) is 25.5 Å². The predicted molar refractivity (Wildman–Crippen MR) is 80.3 cm³/mol. The van der Waals surface area contributed by atoms with Gasteiger partial charge in [0.25, 0.3) is 0 Å². The van der Waals surface area contributed by atoms with E-state index in [1.165, 1.54) is 11.6 Å². The smallest absolute Gasteiger partial charge is 0.146 e. The molecule has 0 spiro atoms. The zero-order chi connectivity index (χ0) is 14.7. The largest absolute Gasteiger partial charge is 0.389 e. The van der Waals surface area contributed by atoms with Gasteiger partial charge in [0, 0.05) is 19.2 Å². The average molecular weight is 273 g/mol. The summed E-state index contributed by atoms with van der Waals surface area (Å²) in [7, 11) is 1.84. The van der Waals surface area contributed by atoms with Crippen LogP contribution in [0.4, 0.5) is 10.1 Å². The second kappa shape index (κ2) is 6.06. The Kier molecular flexibility index (Phi) is 4.40. The molecule has 0 aliphatic rings. The van der Waals surface area contributed by atoms with Gasteiger partial charge in [-0.25, -0.2) is 4.39 Å². The van der Waals surface area contributed by atoms with Crippen LogP contribution >= 0.6 is 0 Å². The van der Waals surface area contributed by atoms with Crippen molar-refractivity contribution in [2.24, 2.45) is 0 Å². The molecule has 0 aromatic heterocycles. The van der Waals surface area contributed by atoms with Gasteiger partial charge in [0.15, 0.2) is 0 Å². The van der Waals surface area contributed by atoms with E-state index < -0.39 is 6.10 Å². The summed E-state index contributed by atoms with van der Waals surface area (Å²) in [5.74, 6) is -0.307. The summed E-state index contributed by atoms with van der Waals surface area (Å²) in [6.45, 7) is 4.29. The third kappa shape index (κ3) is 3.17. The van der Waals surface area contributed by atoms with Crippen molar-refractivity contribution >= 4 is 5.69 Å². The first-order valence-corrected chi connectivity index (χ1v) is 6.72. The van der Waals surface area contributed by atoms with Crippen molar-refractivity contribution in [3.63, 3.8) is 0 Å². The second-order valence-electron chi connectivity index (χ2n) is 5.20. The molecular weight excluding hydrogens is 253 g/mol. The molecule has 0 aliphatic carbocycles. The molecule has 2 aromatic rings. The van der Waals surface area contributed by atoms with Gasteiger partial charge in [-0.1, -0.05) is 42.0 Å². The summed E-state index contributed by atoms with van der Waals surface area (Å²) in [6.07, 6.45) is -0.693. The molecule has 20 heavy (non-hydrogen) atoms. The van der Waals surface area contributed by atoms with Crippen molar-refractivity contribution in [3.05, 3.63) is 65.0 Å². The number of aliphatic hydroxyl groups excluding tert-OH is 1. The highest BCUT2D eigenvalue weighted by molar-refractivity contribution is 5.55. The Morgan fingerprint density at radius 1 is 1.15 bits per heavy atom. The quantitative estimate of drug-likeness (QED) is 0.915. The Balaban J connectivity index is 2.29. The normalized spacial score (nSPS) is 12.2. The zero-order valence-corrected chi connectivity index (χ0v) is 12.1. The molecule has 1 N–H and O–H groups in total. The predicted octanol–water partition coefficient (Wildman–Crippen LogP) is 3.82. The van der Waals surface area contributed by atoms with Gasteiger partial charge in [-0.2, -0.15) is 0 Å². The number of para-hydroxylation sites is 1. The standard InChI is InChI=1S/C17H20FNO/c1-12-7-9-14(10-8-12)11-19(3)17-15(13(2)20)5-4-6-16(17)18/h4-10,13,20H,11H2,1-3H3. The minimum Gasteiger partial charge on any atom is -0.389 e. The fourth-order valence-corrected chi connectivity index (χ4v) is 2.32. The van der Waals surface area contributed by atoms with Crippen LogP contribution in [0.1, 0.15) is 29.7 Å². The first kappa shape index (κ1) is 14.5. The van der Waals surface area contributed by atoms with E-state index in [-0.39, 0.29) is 5.82 Å². The van der Waals surface area contributed by atoms with Crippen molar-refractivity contribution in [3.8, 4) is 0 Å². The number of halogens is 1. The summed E-state index contributed by atoms with van der Waals surface area (Å²) >= 11 is 0. The molecule has 1 atom stereocenters. The van der Waals surface area contributed by atoms with E-state index in [1.807, 2.05) is 43.1 Å². The molecule has 2 rings (SSSR count). The summed E-state index contributed by atoms with van der Waals surface area (Å²) < 4.78 is 14.1. The monoisotopic (exact) mass is 273 g/mol. The van der Waals surface area contributed by atoms with Crippen LogP contribution in [0.5, 0.6) is 0 Å². The average Bonchev–Trinajstić information content (AvgIpc) is 2.40. The van der Waals surface area contributed by atoms with Crippen LogP contribution in [0.25, 0.3) is 0 Å². The van der Waals surface area contributed by atoms with Gasteiger partial charge in [0.1, 0.15) is 5.82 Å². The number of anilines is 1. The Morgan fingerprint density at radius 2 is 1.80 bits per heavy atom. The summed E-state index contributed by atoms with van der Waals surface area (Å²) in [5, 5.41) is 9.79. The van der Waals surface area contributed by atoms with Crippen LogP contribution in [0.15, 0.2) is 42.5 Å². The third-order valence-corrected chi connectivity index (χ3v) is 3.39. The molecule has 2 aromatic carbocycles. The van der Waals surface area contributed by atoms with E-state index in [2.05, 4.69) is 0 Å². The van der Waals surface area contributed by atoms with E-state index in [1.54, 1.807) is 19.1 Å². The molecule has 0 fully saturated rings. The Hall–Kier alpha value is -1.87. The fraction of sp³-hybridized carbons (Fsp3) is 0.294. The molecule has 2 nitrogen and oxygen atoms in total. The summed E-state index contributed by atoms with van der Waals surface area (Å²) in [6, 6.07) is 13.0. The van der Waals surface area contributed by atoms with Gasteiger partial charge < -0.3 is 10.0 Å². The molecule has 0 saturated heterocycles. The number of aliphatic hydroxyl groups is 1. The molecule has 106 valence electrons. The Labute approximate surface area is 119 Å². The Morgan fingerprint density at radius 3 is 2.40 bits per heavy atom. The topological polar surface area (TPSA) is 23.5 Å². The number of hydrogen-bond donors (Lipinski definition) is 1. The highest BCUT2D eigenvalue weighted by Gasteiger charge is 2.16. The second-order valence-corrected chi connectivity index (χ2v) is 5.20. The van der Waals surface area contributed by atoms with Crippen LogP contribution in [0, 0.1) is 12.7 Å². The lowest BCUT2D eigenvalue weighted by molar-refractivity contribution is 0.199. The molecular formula is C17H20FNO. The van der Waals surface area contributed by atoms with Crippen LogP contribution in [0.2, 0.25) is 0 Å². The van der Waals surface area contributed by atoms with Gasteiger partial charge in [0.2, 0.25) is 0 Å². The van der Waals surface area contributed by atoms with Crippen molar-refractivity contribution in [2.75, 3.05) is 11.9 Å². The lowest BCUT2D eigenvalue weighted by Gasteiger charge is -2.24. The van der Waals surface area contributed by atoms with Crippen LogP contribution < -0.4 is 4.90 Å². The molecule has 0 heterocycles. The third-order valence-electron chi connectivity index (χ3n) is 3.39. The lowest BCUT2D eigenvalue weighted by atomic mass is 10.1. The number of hydrogen-bond acceptors (Lipinski definition) is 2. The SMILES string of the molecule is Cc1ccc(CN(C)c2c(F)cccc2C(C)O)cc1. The van der Waals surface area contributed by atoms with Gasteiger partial charge in [0.05, 0.1) is 11.8 Å². The van der Waals surface area contributed by atoms with E-state index in [9.17, 15) is 9.50 Å². The minimum atomic E-state index is -0.693. The van der Waals surface area contributed by atoms with Crippen LogP contribution in [-0.4, -0.2) is 12.2 Å². The van der Waals surface area contributed by atoms with E-state index in [0.717, 1.165) is 5.56 Å². The summed E-state index contributed by atoms with van der Waals surface area (Å²) in [4.78, 5) is 1.84. The summed E-state index contributed by atoms with van der Waals surface area (Å²) in [5.41, 5.74) is 3.38. The number of aryl methyl sites for hydroxylation is 1. The van der Waals surface area contributed by atoms with Crippen molar-refractivity contribution in [2.45, 2.75) is 26.5 Å². The molecule has 1 unspecified atom stereocenters. The maximum atomic E-state index is 14.1.